The maximum Gasteiger partial charge on any atom is 0.422 e. The lowest BCUT2D eigenvalue weighted by Crippen LogP contribution is -2.19. The Balaban J connectivity index is 1.85. The van der Waals surface area contributed by atoms with Gasteiger partial charge in [0.25, 0.3) is 0 Å². The van der Waals surface area contributed by atoms with E-state index in [0.717, 1.165) is 0 Å². The Hall–Kier alpha value is -1.70. The van der Waals surface area contributed by atoms with Crippen LogP contribution in [0.4, 0.5) is 18.9 Å². The molecular weight excluding hydrogens is 341 g/mol. The van der Waals surface area contributed by atoms with Crippen molar-refractivity contribution < 1.29 is 22.3 Å². The molecule has 0 spiro atoms. The molecule has 0 aliphatic carbocycles. The molecule has 2 aromatic heterocycles. The first kappa shape index (κ1) is 14.7. The number of pyridine rings is 1. The third kappa shape index (κ3) is 4.76. The summed E-state index contributed by atoms with van der Waals surface area (Å²) in [6, 6.07) is 6.51. The van der Waals surface area contributed by atoms with Crippen LogP contribution in [0.15, 0.2) is 39.5 Å². The third-order valence-electron chi connectivity index (χ3n) is 2.22. The number of ether oxygens (including phenoxy) is 1. The van der Waals surface area contributed by atoms with Crippen LogP contribution in [-0.2, 0) is 6.54 Å². The Morgan fingerprint density at radius 1 is 1.25 bits per heavy atom. The van der Waals surface area contributed by atoms with Crippen LogP contribution in [0.3, 0.4) is 0 Å². The minimum Gasteiger partial charge on any atom is -0.468 e. The Morgan fingerprint density at radius 3 is 2.60 bits per heavy atom. The van der Waals surface area contributed by atoms with Crippen molar-refractivity contribution in [3.05, 3.63) is 40.9 Å². The zero-order chi connectivity index (χ0) is 14.6. The lowest BCUT2D eigenvalue weighted by Gasteiger charge is -2.09. The maximum atomic E-state index is 12.0. The van der Waals surface area contributed by atoms with Gasteiger partial charge in [0.15, 0.2) is 11.3 Å². The zero-order valence-electron chi connectivity index (χ0n) is 10.1. The summed E-state index contributed by atoms with van der Waals surface area (Å²) in [4.78, 5) is 3.77. The smallest absolute Gasteiger partial charge is 0.422 e. The average Bonchev–Trinajstić information content (AvgIpc) is 2.80. The molecule has 0 radical (unpaired) electrons. The van der Waals surface area contributed by atoms with Crippen molar-refractivity contribution >= 4 is 21.6 Å². The normalized spacial score (nSPS) is 11.4. The average molecular weight is 351 g/mol. The van der Waals surface area contributed by atoms with Gasteiger partial charge in [-0.1, -0.05) is 0 Å². The topological polar surface area (TPSA) is 47.3 Å². The Bertz CT molecular complexity index is 555. The van der Waals surface area contributed by atoms with Gasteiger partial charge >= 0.3 is 6.18 Å². The van der Waals surface area contributed by atoms with E-state index in [1.54, 1.807) is 18.2 Å². The molecule has 0 fully saturated rings. The van der Waals surface area contributed by atoms with Gasteiger partial charge in [0.2, 0.25) is 5.88 Å². The second-order valence-electron chi connectivity index (χ2n) is 3.85. The third-order valence-corrected chi connectivity index (χ3v) is 2.64. The van der Waals surface area contributed by atoms with Gasteiger partial charge in [0.1, 0.15) is 5.76 Å². The molecule has 0 aliphatic rings. The summed E-state index contributed by atoms with van der Waals surface area (Å²) in [7, 11) is 0. The predicted molar refractivity (Wildman–Crippen MR) is 69.5 cm³/mol. The molecule has 0 aliphatic heterocycles. The van der Waals surface area contributed by atoms with Gasteiger partial charge < -0.3 is 14.5 Å². The summed E-state index contributed by atoms with van der Waals surface area (Å²) in [5.74, 6) is 0.642. The Kier molecular flexibility index (Phi) is 4.53. The maximum absolute atomic E-state index is 12.0. The standard InChI is InChI=1S/C12H10BrF3N2O2/c13-10-3-2-9(20-10)6-17-8-1-4-11(18-5-8)19-7-12(14,15)16/h1-5,17H,6-7H2. The first-order valence-electron chi connectivity index (χ1n) is 5.56. The van der Waals surface area contributed by atoms with E-state index in [2.05, 4.69) is 31.0 Å². The first-order chi connectivity index (χ1) is 9.42. The van der Waals surface area contributed by atoms with Crippen LogP contribution in [0.2, 0.25) is 0 Å². The first-order valence-corrected chi connectivity index (χ1v) is 6.35. The number of rotatable bonds is 5. The molecular formula is C12H10BrF3N2O2. The highest BCUT2D eigenvalue weighted by Crippen LogP contribution is 2.19. The quantitative estimate of drug-likeness (QED) is 0.885. The van der Waals surface area contributed by atoms with Gasteiger partial charge in [-0.3, -0.25) is 0 Å². The van der Waals surface area contributed by atoms with Crippen molar-refractivity contribution in [1.29, 1.82) is 0 Å². The van der Waals surface area contributed by atoms with E-state index >= 15 is 0 Å². The van der Waals surface area contributed by atoms with Gasteiger partial charge in [0.05, 0.1) is 18.4 Å². The Morgan fingerprint density at radius 2 is 2.05 bits per heavy atom. The van der Waals surface area contributed by atoms with Crippen molar-refractivity contribution in [2.24, 2.45) is 0 Å². The fourth-order valence-electron chi connectivity index (χ4n) is 1.36. The monoisotopic (exact) mass is 350 g/mol. The minimum atomic E-state index is -4.37. The predicted octanol–water partition coefficient (Wildman–Crippen LogP) is 3.99. The summed E-state index contributed by atoms with van der Waals surface area (Å²) >= 11 is 3.19. The molecule has 4 nitrogen and oxygen atoms in total. The van der Waals surface area contributed by atoms with Crippen molar-refractivity contribution in [3.8, 4) is 5.88 Å². The van der Waals surface area contributed by atoms with E-state index in [9.17, 15) is 13.2 Å². The number of furan rings is 1. The summed E-state index contributed by atoms with van der Waals surface area (Å²) in [5, 5.41) is 3.02. The van der Waals surface area contributed by atoms with Crippen LogP contribution in [0.25, 0.3) is 0 Å². The van der Waals surface area contributed by atoms with E-state index < -0.39 is 12.8 Å². The molecule has 0 aromatic carbocycles. The number of halogens is 4. The largest absolute Gasteiger partial charge is 0.468 e. The van der Waals surface area contributed by atoms with Crippen molar-refractivity contribution in [2.45, 2.75) is 12.7 Å². The molecule has 0 saturated heterocycles. The summed E-state index contributed by atoms with van der Waals surface area (Å²) in [5.41, 5.74) is 0.650. The SMILES string of the molecule is FC(F)(F)COc1ccc(NCc2ccc(Br)o2)cn1. The molecule has 0 amide bonds. The van der Waals surface area contributed by atoms with Crippen LogP contribution >= 0.6 is 15.9 Å². The van der Waals surface area contributed by atoms with Crippen LogP contribution in [0.1, 0.15) is 5.76 Å². The number of aromatic nitrogens is 1. The van der Waals surface area contributed by atoms with Crippen molar-refractivity contribution in [1.82, 2.24) is 4.98 Å². The van der Waals surface area contributed by atoms with Gasteiger partial charge in [-0.2, -0.15) is 13.2 Å². The second-order valence-corrected chi connectivity index (χ2v) is 4.63. The molecule has 2 rings (SSSR count). The van der Waals surface area contributed by atoms with Crippen LogP contribution in [0, 0.1) is 0 Å². The van der Waals surface area contributed by atoms with E-state index in [0.29, 0.717) is 22.7 Å². The molecule has 1 N–H and O–H groups in total. The van der Waals surface area contributed by atoms with Crippen LogP contribution < -0.4 is 10.1 Å². The molecule has 0 atom stereocenters. The van der Waals surface area contributed by atoms with Gasteiger partial charge in [-0.05, 0) is 34.1 Å². The Labute approximate surface area is 121 Å². The summed E-state index contributed by atoms with van der Waals surface area (Å²) < 4.78 is 46.3. The van der Waals surface area contributed by atoms with Gasteiger partial charge in [0, 0.05) is 6.07 Å². The van der Waals surface area contributed by atoms with Crippen molar-refractivity contribution in [3.63, 3.8) is 0 Å². The molecule has 20 heavy (non-hydrogen) atoms. The van der Waals surface area contributed by atoms with Gasteiger partial charge in [-0.15, -0.1) is 0 Å². The molecule has 0 bridgehead atoms. The van der Waals surface area contributed by atoms with Crippen LogP contribution in [0.5, 0.6) is 5.88 Å². The molecule has 0 saturated carbocycles. The number of hydrogen-bond donors (Lipinski definition) is 1. The number of anilines is 1. The summed E-state index contributed by atoms with van der Waals surface area (Å²) in [6.07, 6.45) is -2.98. The number of hydrogen-bond acceptors (Lipinski definition) is 4. The van der Waals surface area contributed by atoms with E-state index in [4.69, 9.17) is 4.42 Å². The lowest BCUT2D eigenvalue weighted by atomic mass is 10.4. The fourth-order valence-corrected chi connectivity index (χ4v) is 1.70. The van der Waals surface area contributed by atoms with E-state index in [-0.39, 0.29) is 5.88 Å². The number of alkyl halides is 3. The molecule has 108 valence electrons. The fraction of sp³-hybridized carbons (Fsp3) is 0.250. The molecule has 2 aromatic rings. The molecule has 0 unspecified atom stereocenters. The second kappa shape index (κ2) is 6.17. The highest BCUT2D eigenvalue weighted by molar-refractivity contribution is 9.10. The van der Waals surface area contributed by atoms with Crippen LogP contribution in [-0.4, -0.2) is 17.8 Å². The highest BCUT2D eigenvalue weighted by atomic mass is 79.9. The molecule has 2 heterocycles. The molecule has 8 heteroatoms. The van der Waals surface area contributed by atoms with E-state index in [1.807, 2.05) is 0 Å². The van der Waals surface area contributed by atoms with Gasteiger partial charge in [-0.25, -0.2) is 4.98 Å². The lowest BCUT2D eigenvalue weighted by molar-refractivity contribution is -0.154. The summed E-state index contributed by atoms with van der Waals surface area (Å²) in [6.45, 7) is -0.913. The number of nitrogens with zero attached hydrogens (tertiary/aromatic N) is 1. The zero-order valence-corrected chi connectivity index (χ0v) is 11.7. The van der Waals surface area contributed by atoms with Crippen molar-refractivity contribution in [2.75, 3.05) is 11.9 Å². The number of nitrogens with one attached hydrogen (secondary N) is 1. The minimum absolute atomic E-state index is 0.0754. The van der Waals surface area contributed by atoms with E-state index in [1.165, 1.54) is 12.3 Å². The highest BCUT2D eigenvalue weighted by Gasteiger charge is 2.28.